The summed E-state index contributed by atoms with van der Waals surface area (Å²) in [7, 11) is 0. The summed E-state index contributed by atoms with van der Waals surface area (Å²) in [6.45, 7) is 5.85. The van der Waals surface area contributed by atoms with Gasteiger partial charge >= 0.3 is 6.03 Å². The van der Waals surface area contributed by atoms with Crippen molar-refractivity contribution in [1.82, 2.24) is 19.8 Å². The molecule has 7 nitrogen and oxygen atoms in total. The van der Waals surface area contributed by atoms with Crippen LogP contribution in [0.3, 0.4) is 0 Å². The van der Waals surface area contributed by atoms with Crippen molar-refractivity contribution >= 4 is 23.1 Å². The summed E-state index contributed by atoms with van der Waals surface area (Å²) in [6.07, 6.45) is 0. The molecular formula is C21H20N6O. The maximum Gasteiger partial charge on any atom is 0.323 e. The van der Waals surface area contributed by atoms with E-state index in [-0.39, 0.29) is 6.03 Å². The van der Waals surface area contributed by atoms with Crippen LogP contribution in [-0.4, -0.2) is 25.8 Å². The number of rotatable bonds is 3. The summed E-state index contributed by atoms with van der Waals surface area (Å²) in [5.74, 6) is 0.721. The molecule has 2 aromatic heterocycles. The first-order chi connectivity index (χ1) is 13.5. The molecule has 0 bridgehead atoms. The molecule has 0 atom stereocenters. The lowest BCUT2D eigenvalue weighted by Gasteiger charge is -2.11. The average molecular weight is 372 g/mol. The lowest BCUT2D eigenvalue weighted by atomic mass is 10.1. The summed E-state index contributed by atoms with van der Waals surface area (Å²) < 4.78 is 1.70. The van der Waals surface area contributed by atoms with Crippen LogP contribution in [-0.2, 0) is 0 Å². The van der Waals surface area contributed by atoms with Gasteiger partial charge in [-0.25, -0.2) is 4.79 Å². The fourth-order valence-corrected chi connectivity index (χ4v) is 3.04. The third-order valence-corrected chi connectivity index (χ3v) is 4.47. The number of aromatic nitrogens is 4. The largest absolute Gasteiger partial charge is 0.323 e. The Bertz CT molecular complexity index is 1180. The van der Waals surface area contributed by atoms with Gasteiger partial charge in [0.1, 0.15) is 0 Å². The molecule has 0 saturated carbocycles. The highest BCUT2D eigenvalue weighted by Gasteiger charge is 2.08. The SMILES string of the molecule is Cc1ccc(NC(=O)Nc2cccc(-c3ccc4nnc(C)n4n3)c2)c(C)c1. The van der Waals surface area contributed by atoms with Crippen molar-refractivity contribution in [3.05, 3.63) is 71.5 Å². The topological polar surface area (TPSA) is 84.2 Å². The van der Waals surface area contributed by atoms with Crippen LogP contribution in [0.1, 0.15) is 17.0 Å². The molecule has 0 aliphatic carbocycles. The van der Waals surface area contributed by atoms with Gasteiger partial charge in [0.2, 0.25) is 0 Å². The number of amides is 2. The number of nitrogens with zero attached hydrogens (tertiary/aromatic N) is 4. The quantitative estimate of drug-likeness (QED) is 0.560. The van der Waals surface area contributed by atoms with E-state index in [0.29, 0.717) is 11.3 Å². The van der Waals surface area contributed by atoms with Gasteiger partial charge in [0.25, 0.3) is 0 Å². The highest BCUT2D eigenvalue weighted by molar-refractivity contribution is 6.00. The van der Waals surface area contributed by atoms with E-state index in [1.165, 1.54) is 0 Å². The average Bonchev–Trinajstić information content (AvgIpc) is 3.05. The van der Waals surface area contributed by atoms with Crippen LogP contribution in [0.5, 0.6) is 0 Å². The number of carbonyl (C=O) groups is 1. The summed E-state index contributed by atoms with van der Waals surface area (Å²) in [5, 5.41) is 18.4. The molecule has 4 aromatic rings. The highest BCUT2D eigenvalue weighted by Crippen LogP contribution is 2.22. The van der Waals surface area contributed by atoms with E-state index in [1.807, 2.05) is 75.4 Å². The standard InChI is InChI=1S/C21H20N6O/c1-13-7-8-18(14(2)11-13)23-21(28)22-17-6-4-5-16(12-17)19-9-10-20-25-24-15(3)27(20)26-19/h4-12H,1-3H3,(H2,22,23,28). The number of hydrogen-bond acceptors (Lipinski definition) is 4. The van der Waals surface area contributed by atoms with Crippen molar-refractivity contribution in [2.24, 2.45) is 0 Å². The van der Waals surface area contributed by atoms with E-state index in [0.717, 1.165) is 33.9 Å². The van der Waals surface area contributed by atoms with Gasteiger partial charge in [0.05, 0.1) is 5.69 Å². The molecule has 0 saturated heterocycles. The second-order valence-electron chi connectivity index (χ2n) is 6.71. The van der Waals surface area contributed by atoms with Gasteiger partial charge in [-0.3, -0.25) is 0 Å². The van der Waals surface area contributed by atoms with Crippen molar-refractivity contribution in [1.29, 1.82) is 0 Å². The maximum atomic E-state index is 12.4. The van der Waals surface area contributed by atoms with E-state index in [1.54, 1.807) is 4.52 Å². The second-order valence-corrected chi connectivity index (χ2v) is 6.71. The Kier molecular flexibility index (Phi) is 4.49. The van der Waals surface area contributed by atoms with E-state index in [9.17, 15) is 4.79 Å². The van der Waals surface area contributed by atoms with Crippen LogP contribution in [0.15, 0.2) is 54.6 Å². The predicted molar refractivity (Wildman–Crippen MR) is 110 cm³/mol. The number of aryl methyl sites for hydroxylation is 3. The van der Waals surface area contributed by atoms with Gasteiger partial charge in [-0.2, -0.15) is 9.61 Å². The summed E-state index contributed by atoms with van der Waals surface area (Å²) in [5.41, 5.74) is 6.00. The van der Waals surface area contributed by atoms with Crippen molar-refractivity contribution in [2.45, 2.75) is 20.8 Å². The zero-order chi connectivity index (χ0) is 19.7. The van der Waals surface area contributed by atoms with Gasteiger partial charge < -0.3 is 10.6 Å². The Hall–Kier alpha value is -3.74. The number of carbonyl (C=O) groups excluding carboxylic acids is 1. The van der Waals surface area contributed by atoms with Crippen LogP contribution in [0.25, 0.3) is 16.9 Å². The molecule has 2 aromatic carbocycles. The molecule has 4 rings (SSSR count). The number of hydrogen-bond donors (Lipinski definition) is 2. The molecule has 0 radical (unpaired) electrons. The fourth-order valence-electron chi connectivity index (χ4n) is 3.04. The van der Waals surface area contributed by atoms with Gasteiger partial charge in [0.15, 0.2) is 11.5 Å². The van der Waals surface area contributed by atoms with Crippen LogP contribution in [0.4, 0.5) is 16.2 Å². The molecule has 0 aliphatic rings. The van der Waals surface area contributed by atoms with Gasteiger partial charge in [-0.05, 0) is 56.7 Å². The number of benzene rings is 2. The maximum absolute atomic E-state index is 12.4. The van der Waals surface area contributed by atoms with E-state index >= 15 is 0 Å². The van der Waals surface area contributed by atoms with Crippen LogP contribution in [0, 0.1) is 20.8 Å². The fraction of sp³-hybridized carbons (Fsp3) is 0.143. The third-order valence-electron chi connectivity index (χ3n) is 4.47. The van der Waals surface area contributed by atoms with Crippen molar-refractivity contribution in [3.8, 4) is 11.3 Å². The number of nitrogens with one attached hydrogen (secondary N) is 2. The Balaban J connectivity index is 1.54. The van der Waals surface area contributed by atoms with Gasteiger partial charge in [-0.15, -0.1) is 10.2 Å². The normalized spacial score (nSPS) is 10.8. The molecule has 0 unspecified atom stereocenters. The molecule has 2 heterocycles. The highest BCUT2D eigenvalue weighted by atomic mass is 16.2. The molecule has 0 spiro atoms. The first-order valence-corrected chi connectivity index (χ1v) is 8.94. The molecule has 28 heavy (non-hydrogen) atoms. The smallest absolute Gasteiger partial charge is 0.308 e. The van der Waals surface area contributed by atoms with E-state index in [2.05, 4.69) is 25.9 Å². The third kappa shape index (κ3) is 3.55. The predicted octanol–water partition coefficient (Wildman–Crippen LogP) is 4.36. The Morgan fingerprint density at radius 1 is 0.929 bits per heavy atom. The molecule has 140 valence electrons. The monoisotopic (exact) mass is 372 g/mol. The number of anilines is 2. The number of urea groups is 1. The van der Waals surface area contributed by atoms with Crippen molar-refractivity contribution < 1.29 is 4.79 Å². The molecular weight excluding hydrogens is 352 g/mol. The van der Waals surface area contributed by atoms with Gasteiger partial charge in [-0.1, -0.05) is 29.8 Å². The van der Waals surface area contributed by atoms with E-state index in [4.69, 9.17) is 0 Å². The zero-order valence-electron chi connectivity index (χ0n) is 15.9. The van der Waals surface area contributed by atoms with Crippen LogP contribution in [0.2, 0.25) is 0 Å². The molecule has 2 amide bonds. The molecule has 2 N–H and O–H groups in total. The van der Waals surface area contributed by atoms with Gasteiger partial charge in [0, 0.05) is 16.9 Å². The lowest BCUT2D eigenvalue weighted by Crippen LogP contribution is -2.20. The minimum atomic E-state index is -0.290. The van der Waals surface area contributed by atoms with E-state index < -0.39 is 0 Å². The minimum Gasteiger partial charge on any atom is -0.308 e. The summed E-state index contributed by atoms with van der Waals surface area (Å²) >= 11 is 0. The minimum absolute atomic E-state index is 0.290. The van der Waals surface area contributed by atoms with Crippen molar-refractivity contribution in [3.63, 3.8) is 0 Å². The molecule has 7 heteroatoms. The van der Waals surface area contributed by atoms with Crippen LogP contribution >= 0.6 is 0 Å². The Morgan fingerprint density at radius 3 is 2.61 bits per heavy atom. The second kappa shape index (κ2) is 7.11. The number of fused-ring (bicyclic) bond motifs is 1. The molecule has 0 fully saturated rings. The van der Waals surface area contributed by atoms with Crippen LogP contribution < -0.4 is 10.6 Å². The van der Waals surface area contributed by atoms with Crippen molar-refractivity contribution in [2.75, 3.05) is 10.6 Å². The zero-order valence-corrected chi connectivity index (χ0v) is 15.9. The Morgan fingerprint density at radius 2 is 1.79 bits per heavy atom. The first-order valence-electron chi connectivity index (χ1n) is 8.94. The lowest BCUT2D eigenvalue weighted by molar-refractivity contribution is 0.262. The summed E-state index contributed by atoms with van der Waals surface area (Å²) in [4.78, 5) is 12.4. The summed E-state index contributed by atoms with van der Waals surface area (Å²) in [6, 6.07) is 16.9. The Labute approximate surface area is 162 Å². The first kappa shape index (κ1) is 17.7. The molecule has 0 aliphatic heterocycles.